The summed E-state index contributed by atoms with van der Waals surface area (Å²) in [5.41, 5.74) is 1.05. The minimum Gasteiger partial charge on any atom is -0.302 e. The zero-order chi connectivity index (χ0) is 16.4. The van der Waals surface area contributed by atoms with Crippen LogP contribution in [0.4, 0.5) is 0 Å². The molecular formula is C15H24Br2N2O2S. The Morgan fingerprint density at radius 1 is 1.00 bits per heavy atom. The van der Waals surface area contributed by atoms with Crippen LogP contribution in [0.1, 0.15) is 18.4 Å². The minimum absolute atomic E-state index is 0.325. The summed E-state index contributed by atoms with van der Waals surface area (Å²) in [5.74, 6) is 0. The maximum atomic E-state index is 12.2. The van der Waals surface area contributed by atoms with Gasteiger partial charge < -0.3 is 4.90 Å². The second kappa shape index (κ2) is 10.8. The molecule has 4 nitrogen and oxygen atoms in total. The first-order valence-corrected chi connectivity index (χ1v) is 11.1. The summed E-state index contributed by atoms with van der Waals surface area (Å²) >= 11 is 6.87. The topological polar surface area (TPSA) is 49.4 Å². The fourth-order valence-corrected chi connectivity index (χ4v) is 3.56. The summed E-state index contributed by atoms with van der Waals surface area (Å²) in [6.07, 6.45) is 2.12. The van der Waals surface area contributed by atoms with Crippen LogP contribution in [0.3, 0.4) is 0 Å². The Balaban J connectivity index is 2.49. The van der Waals surface area contributed by atoms with Gasteiger partial charge in [-0.2, -0.15) is 0 Å². The predicted octanol–water partition coefficient (Wildman–Crippen LogP) is 3.15. The van der Waals surface area contributed by atoms with Gasteiger partial charge in [-0.05, 0) is 45.0 Å². The number of hydrogen-bond acceptors (Lipinski definition) is 3. The molecule has 0 radical (unpaired) electrons. The van der Waals surface area contributed by atoms with E-state index in [1.807, 2.05) is 19.1 Å². The van der Waals surface area contributed by atoms with Crippen LogP contribution in [0.5, 0.6) is 0 Å². The minimum atomic E-state index is -3.41. The van der Waals surface area contributed by atoms with Crippen LogP contribution in [0.2, 0.25) is 0 Å². The van der Waals surface area contributed by atoms with Gasteiger partial charge in [-0.3, -0.25) is 0 Å². The Bertz CT molecular complexity index is 513. The van der Waals surface area contributed by atoms with Crippen LogP contribution in [-0.4, -0.2) is 50.2 Å². The highest BCUT2D eigenvalue weighted by atomic mass is 79.9. The van der Waals surface area contributed by atoms with Crippen molar-refractivity contribution < 1.29 is 8.42 Å². The fraction of sp³-hybridized carbons (Fsp3) is 0.600. The molecule has 0 aliphatic rings. The molecule has 0 fully saturated rings. The first-order chi connectivity index (χ1) is 10.5. The summed E-state index contributed by atoms with van der Waals surface area (Å²) < 4.78 is 27.1. The number of benzene rings is 1. The van der Waals surface area contributed by atoms with E-state index in [9.17, 15) is 8.42 Å². The average molecular weight is 456 g/mol. The highest BCUT2D eigenvalue weighted by Gasteiger charge is 2.13. The highest BCUT2D eigenvalue weighted by molar-refractivity contribution is 9.09. The van der Waals surface area contributed by atoms with Crippen LogP contribution in [0, 0.1) is 6.92 Å². The lowest BCUT2D eigenvalue weighted by Crippen LogP contribution is -2.36. The summed E-state index contributed by atoms with van der Waals surface area (Å²) in [5, 5.41) is 1.93. The number of hydrogen-bond donors (Lipinski definition) is 1. The van der Waals surface area contributed by atoms with Crippen molar-refractivity contribution in [2.75, 3.05) is 36.8 Å². The fourth-order valence-electron chi connectivity index (χ4n) is 2.04. The van der Waals surface area contributed by atoms with Gasteiger partial charge in [-0.1, -0.05) is 49.6 Å². The molecule has 0 spiro atoms. The van der Waals surface area contributed by atoms with E-state index in [2.05, 4.69) is 41.5 Å². The molecule has 1 rings (SSSR count). The molecule has 0 bridgehead atoms. The van der Waals surface area contributed by atoms with Gasteiger partial charge in [-0.25, -0.2) is 13.1 Å². The van der Waals surface area contributed by atoms with E-state index < -0.39 is 10.0 Å². The second-order valence-electron chi connectivity index (χ2n) is 5.14. The van der Waals surface area contributed by atoms with Crippen LogP contribution in [0.25, 0.3) is 0 Å². The maximum Gasteiger partial charge on any atom is 0.240 e. The molecule has 0 saturated heterocycles. The second-order valence-corrected chi connectivity index (χ2v) is 8.49. The van der Waals surface area contributed by atoms with Crippen molar-refractivity contribution in [3.63, 3.8) is 0 Å². The van der Waals surface area contributed by atoms with Crippen molar-refractivity contribution >= 4 is 41.9 Å². The molecule has 1 aromatic rings. The van der Waals surface area contributed by atoms with Crippen LogP contribution < -0.4 is 4.72 Å². The average Bonchev–Trinajstić information content (AvgIpc) is 2.49. The van der Waals surface area contributed by atoms with Crippen molar-refractivity contribution in [1.29, 1.82) is 0 Å². The van der Waals surface area contributed by atoms with E-state index in [0.29, 0.717) is 11.4 Å². The molecule has 0 aromatic heterocycles. The van der Waals surface area contributed by atoms with Crippen LogP contribution >= 0.6 is 31.9 Å². The number of halogens is 2. The molecule has 1 N–H and O–H groups in total. The van der Waals surface area contributed by atoms with Crippen LogP contribution in [0.15, 0.2) is 29.2 Å². The third-order valence-corrected chi connectivity index (χ3v) is 5.87. The first kappa shape index (κ1) is 20.1. The molecule has 0 aliphatic heterocycles. The predicted molar refractivity (Wildman–Crippen MR) is 99.6 cm³/mol. The van der Waals surface area contributed by atoms with E-state index in [-0.39, 0.29) is 0 Å². The van der Waals surface area contributed by atoms with Crippen molar-refractivity contribution in [2.45, 2.75) is 24.7 Å². The van der Waals surface area contributed by atoms with Crippen molar-refractivity contribution in [2.24, 2.45) is 0 Å². The van der Waals surface area contributed by atoms with Gasteiger partial charge in [-0.15, -0.1) is 0 Å². The molecule has 0 saturated carbocycles. The number of alkyl halides is 2. The third kappa shape index (κ3) is 7.55. The Kier molecular flexibility index (Phi) is 9.82. The SMILES string of the molecule is Cc1ccc(S(=O)(=O)NCCN(CCCBr)CCCBr)cc1. The van der Waals surface area contributed by atoms with Crippen molar-refractivity contribution in [3.05, 3.63) is 29.8 Å². The molecule has 0 atom stereocenters. The number of aryl methyl sites for hydroxylation is 1. The molecule has 0 unspecified atom stereocenters. The van der Waals surface area contributed by atoms with Gasteiger partial charge in [0.05, 0.1) is 4.90 Å². The highest BCUT2D eigenvalue weighted by Crippen LogP contribution is 2.09. The van der Waals surface area contributed by atoms with Gasteiger partial charge in [0, 0.05) is 23.7 Å². The lowest BCUT2D eigenvalue weighted by atomic mass is 10.2. The number of nitrogens with zero attached hydrogens (tertiary/aromatic N) is 1. The maximum absolute atomic E-state index is 12.2. The molecule has 0 amide bonds. The summed E-state index contributed by atoms with van der Waals surface area (Å²) in [7, 11) is -3.41. The molecule has 22 heavy (non-hydrogen) atoms. The molecule has 7 heteroatoms. The number of rotatable bonds is 11. The summed E-state index contributed by atoms with van der Waals surface area (Å²) in [6, 6.07) is 6.91. The lowest BCUT2D eigenvalue weighted by molar-refractivity contribution is 0.281. The van der Waals surface area contributed by atoms with Gasteiger partial charge in [0.25, 0.3) is 0 Å². The third-order valence-electron chi connectivity index (χ3n) is 3.27. The monoisotopic (exact) mass is 454 g/mol. The van der Waals surface area contributed by atoms with Gasteiger partial charge in [0.15, 0.2) is 0 Å². The van der Waals surface area contributed by atoms with E-state index in [1.54, 1.807) is 12.1 Å². The smallest absolute Gasteiger partial charge is 0.240 e. The number of sulfonamides is 1. The van der Waals surface area contributed by atoms with Gasteiger partial charge in [0.2, 0.25) is 10.0 Å². The van der Waals surface area contributed by atoms with E-state index in [4.69, 9.17) is 0 Å². The quantitative estimate of drug-likeness (QED) is 0.521. The largest absolute Gasteiger partial charge is 0.302 e. The molecule has 1 aromatic carbocycles. The Morgan fingerprint density at radius 3 is 2.05 bits per heavy atom. The standard InChI is InChI=1S/C15H24Br2N2O2S/c1-14-4-6-15(7-5-14)22(20,21)18-10-13-19(11-2-8-16)12-3-9-17/h4-7,18H,2-3,8-13H2,1H3. The Labute approximate surface area is 151 Å². The Morgan fingerprint density at radius 2 is 1.55 bits per heavy atom. The van der Waals surface area contributed by atoms with Crippen molar-refractivity contribution in [1.82, 2.24) is 9.62 Å². The summed E-state index contributed by atoms with van der Waals surface area (Å²) in [4.78, 5) is 2.62. The van der Waals surface area contributed by atoms with Crippen molar-refractivity contribution in [3.8, 4) is 0 Å². The molecule has 126 valence electrons. The zero-order valence-corrected chi connectivity index (χ0v) is 16.9. The van der Waals surface area contributed by atoms with E-state index in [0.717, 1.165) is 48.7 Å². The number of nitrogens with one attached hydrogen (secondary N) is 1. The molecule has 0 aliphatic carbocycles. The van der Waals surface area contributed by atoms with E-state index >= 15 is 0 Å². The van der Waals surface area contributed by atoms with Gasteiger partial charge in [0.1, 0.15) is 0 Å². The van der Waals surface area contributed by atoms with Crippen LogP contribution in [-0.2, 0) is 10.0 Å². The molecular weight excluding hydrogens is 432 g/mol. The Hall–Kier alpha value is 0.0500. The normalized spacial score (nSPS) is 12.0. The molecule has 0 heterocycles. The lowest BCUT2D eigenvalue weighted by Gasteiger charge is -2.21. The summed E-state index contributed by atoms with van der Waals surface area (Å²) in [6.45, 7) is 5.05. The zero-order valence-electron chi connectivity index (χ0n) is 12.9. The van der Waals surface area contributed by atoms with E-state index in [1.165, 1.54) is 0 Å². The first-order valence-electron chi connectivity index (χ1n) is 7.40. The van der Waals surface area contributed by atoms with Gasteiger partial charge >= 0.3 is 0 Å².